The standard InChI is InChI=1S/C9H11NO4/c11-8(12)9(2-5-13-6-3-9)7-1-4-10-14-7/h1,4H,2-3,5-6H2,(H,11,12). The molecule has 0 amide bonds. The van der Waals surface area contributed by atoms with Crippen LogP contribution in [0.25, 0.3) is 0 Å². The summed E-state index contributed by atoms with van der Waals surface area (Å²) in [5.41, 5.74) is -0.936. The third kappa shape index (κ3) is 1.29. The van der Waals surface area contributed by atoms with Crippen molar-refractivity contribution in [3.63, 3.8) is 0 Å². The minimum atomic E-state index is -0.936. The number of nitrogens with zero attached hydrogens (tertiary/aromatic N) is 1. The van der Waals surface area contributed by atoms with Gasteiger partial charge >= 0.3 is 5.97 Å². The average molecular weight is 197 g/mol. The number of aromatic nitrogens is 1. The summed E-state index contributed by atoms with van der Waals surface area (Å²) in [5, 5.41) is 12.8. The number of carbonyl (C=O) groups is 1. The minimum Gasteiger partial charge on any atom is -0.480 e. The van der Waals surface area contributed by atoms with E-state index in [4.69, 9.17) is 9.26 Å². The van der Waals surface area contributed by atoms with Gasteiger partial charge in [0.1, 0.15) is 5.41 Å². The van der Waals surface area contributed by atoms with Gasteiger partial charge in [-0.3, -0.25) is 4.79 Å². The molecule has 0 unspecified atom stereocenters. The van der Waals surface area contributed by atoms with Gasteiger partial charge in [0.2, 0.25) is 0 Å². The Balaban J connectivity index is 2.35. The molecular formula is C9H11NO4. The Labute approximate surface area is 80.6 Å². The van der Waals surface area contributed by atoms with Crippen LogP contribution in [0.5, 0.6) is 0 Å². The van der Waals surface area contributed by atoms with E-state index in [1.54, 1.807) is 6.07 Å². The second-order valence-corrected chi connectivity index (χ2v) is 3.38. The maximum absolute atomic E-state index is 11.2. The smallest absolute Gasteiger partial charge is 0.317 e. The van der Waals surface area contributed by atoms with Crippen molar-refractivity contribution in [2.45, 2.75) is 18.3 Å². The van der Waals surface area contributed by atoms with Crippen molar-refractivity contribution in [1.29, 1.82) is 0 Å². The predicted octanol–water partition coefficient (Wildman–Crippen LogP) is 0.807. The number of aliphatic carboxylic acids is 1. The summed E-state index contributed by atoms with van der Waals surface area (Å²) < 4.78 is 10.1. The topological polar surface area (TPSA) is 72.6 Å². The normalized spacial score (nSPS) is 20.6. The third-order valence-electron chi connectivity index (χ3n) is 2.67. The molecule has 2 heterocycles. The van der Waals surface area contributed by atoms with E-state index in [-0.39, 0.29) is 0 Å². The van der Waals surface area contributed by atoms with Gasteiger partial charge in [0.05, 0.1) is 6.20 Å². The summed E-state index contributed by atoms with van der Waals surface area (Å²) in [5.74, 6) is -0.439. The van der Waals surface area contributed by atoms with Gasteiger partial charge in [0.25, 0.3) is 0 Å². The predicted molar refractivity (Wildman–Crippen MR) is 45.9 cm³/mol. The van der Waals surface area contributed by atoms with Crippen LogP contribution < -0.4 is 0 Å². The molecule has 0 atom stereocenters. The van der Waals surface area contributed by atoms with Crippen LogP contribution in [0.4, 0.5) is 0 Å². The van der Waals surface area contributed by atoms with Crippen molar-refractivity contribution in [2.24, 2.45) is 0 Å². The number of carboxylic acids is 1. The van der Waals surface area contributed by atoms with Gasteiger partial charge in [-0.2, -0.15) is 0 Å². The Morgan fingerprint density at radius 2 is 2.21 bits per heavy atom. The Bertz CT molecular complexity index is 314. The number of carboxylic acid groups (broad SMARTS) is 1. The first kappa shape index (κ1) is 9.21. The molecule has 1 aromatic rings. The molecule has 76 valence electrons. The highest BCUT2D eigenvalue weighted by Gasteiger charge is 2.44. The molecule has 0 aromatic carbocycles. The Hall–Kier alpha value is -1.36. The molecule has 5 nitrogen and oxygen atoms in total. The second-order valence-electron chi connectivity index (χ2n) is 3.38. The molecule has 14 heavy (non-hydrogen) atoms. The average Bonchev–Trinajstić information content (AvgIpc) is 2.72. The van der Waals surface area contributed by atoms with Gasteiger partial charge in [-0.25, -0.2) is 0 Å². The van der Waals surface area contributed by atoms with E-state index in [1.807, 2.05) is 0 Å². The van der Waals surface area contributed by atoms with Crippen LogP contribution in [0, 0.1) is 0 Å². The van der Waals surface area contributed by atoms with Crippen molar-refractivity contribution >= 4 is 5.97 Å². The van der Waals surface area contributed by atoms with E-state index in [0.29, 0.717) is 31.8 Å². The molecule has 1 fully saturated rings. The van der Waals surface area contributed by atoms with Gasteiger partial charge in [-0.15, -0.1) is 0 Å². The van der Waals surface area contributed by atoms with Crippen LogP contribution in [0.1, 0.15) is 18.6 Å². The van der Waals surface area contributed by atoms with Gasteiger partial charge in [-0.1, -0.05) is 5.16 Å². The Morgan fingerprint density at radius 1 is 1.50 bits per heavy atom. The second kappa shape index (κ2) is 3.42. The Morgan fingerprint density at radius 3 is 2.71 bits per heavy atom. The first-order chi connectivity index (χ1) is 6.76. The summed E-state index contributed by atoms with van der Waals surface area (Å²) in [6, 6.07) is 1.61. The first-order valence-electron chi connectivity index (χ1n) is 4.48. The molecule has 1 aromatic heterocycles. The zero-order valence-corrected chi connectivity index (χ0v) is 7.60. The third-order valence-corrected chi connectivity index (χ3v) is 2.67. The zero-order chi connectivity index (χ0) is 10.0. The van der Waals surface area contributed by atoms with E-state index in [1.165, 1.54) is 6.20 Å². The number of hydrogen-bond acceptors (Lipinski definition) is 4. The van der Waals surface area contributed by atoms with Crippen molar-refractivity contribution in [3.05, 3.63) is 18.0 Å². The van der Waals surface area contributed by atoms with Crippen LogP contribution in [-0.2, 0) is 14.9 Å². The van der Waals surface area contributed by atoms with Crippen molar-refractivity contribution < 1.29 is 19.2 Å². The number of ether oxygens (including phenoxy) is 1. The first-order valence-corrected chi connectivity index (χ1v) is 4.48. The van der Waals surface area contributed by atoms with Crippen LogP contribution in [-0.4, -0.2) is 29.4 Å². The summed E-state index contributed by atoms with van der Waals surface area (Å²) >= 11 is 0. The fourth-order valence-corrected chi connectivity index (χ4v) is 1.75. The van der Waals surface area contributed by atoms with Crippen LogP contribution >= 0.6 is 0 Å². The summed E-state index contributed by atoms with van der Waals surface area (Å²) in [7, 11) is 0. The largest absolute Gasteiger partial charge is 0.480 e. The SMILES string of the molecule is O=C(O)C1(c2ccno2)CCOCC1. The van der Waals surface area contributed by atoms with Gasteiger partial charge < -0.3 is 14.4 Å². The lowest BCUT2D eigenvalue weighted by Gasteiger charge is -2.30. The molecule has 1 aliphatic rings. The van der Waals surface area contributed by atoms with E-state index in [9.17, 15) is 9.90 Å². The quantitative estimate of drug-likeness (QED) is 0.759. The van der Waals surface area contributed by atoms with E-state index >= 15 is 0 Å². The van der Waals surface area contributed by atoms with Gasteiger partial charge in [-0.05, 0) is 12.8 Å². The van der Waals surface area contributed by atoms with Crippen LogP contribution in [0.15, 0.2) is 16.8 Å². The monoisotopic (exact) mass is 197 g/mol. The summed E-state index contributed by atoms with van der Waals surface area (Å²) in [4.78, 5) is 11.2. The molecular weight excluding hydrogens is 186 g/mol. The molecule has 0 saturated carbocycles. The fraction of sp³-hybridized carbons (Fsp3) is 0.556. The molecule has 1 saturated heterocycles. The molecule has 0 spiro atoms. The Kier molecular flexibility index (Phi) is 2.25. The maximum atomic E-state index is 11.2. The summed E-state index contributed by atoms with van der Waals surface area (Å²) in [6.45, 7) is 0.903. The van der Waals surface area contributed by atoms with E-state index in [2.05, 4.69) is 5.16 Å². The maximum Gasteiger partial charge on any atom is 0.317 e. The molecule has 1 N–H and O–H groups in total. The highest BCUT2D eigenvalue weighted by Crippen LogP contribution is 2.34. The van der Waals surface area contributed by atoms with Crippen LogP contribution in [0.2, 0.25) is 0 Å². The lowest BCUT2D eigenvalue weighted by Crippen LogP contribution is -2.41. The number of hydrogen-bond donors (Lipinski definition) is 1. The van der Waals surface area contributed by atoms with E-state index < -0.39 is 11.4 Å². The molecule has 2 rings (SSSR count). The highest BCUT2D eigenvalue weighted by molar-refractivity contribution is 5.80. The number of rotatable bonds is 2. The van der Waals surface area contributed by atoms with Gasteiger partial charge in [0, 0.05) is 19.3 Å². The molecule has 0 aliphatic carbocycles. The fourth-order valence-electron chi connectivity index (χ4n) is 1.75. The highest BCUT2D eigenvalue weighted by atomic mass is 16.5. The molecule has 1 aliphatic heterocycles. The van der Waals surface area contributed by atoms with Crippen molar-refractivity contribution in [2.75, 3.05) is 13.2 Å². The minimum absolute atomic E-state index is 0.424. The summed E-state index contributed by atoms with van der Waals surface area (Å²) in [6.07, 6.45) is 2.35. The lowest BCUT2D eigenvalue weighted by molar-refractivity contribution is -0.149. The van der Waals surface area contributed by atoms with Crippen molar-refractivity contribution in [1.82, 2.24) is 5.16 Å². The van der Waals surface area contributed by atoms with E-state index in [0.717, 1.165) is 0 Å². The molecule has 0 radical (unpaired) electrons. The lowest BCUT2D eigenvalue weighted by atomic mass is 9.78. The van der Waals surface area contributed by atoms with Gasteiger partial charge in [0.15, 0.2) is 5.76 Å². The molecule has 0 bridgehead atoms. The zero-order valence-electron chi connectivity index (χ0n) is 7.60. The van der Waals surface area contributed by atoms with Crippen LogP contribution in [0.3, 0.4) is 0 Å². The molecule has 5 heteroatoms. The van der Waals surface area contributed by atoms with Crippen molar-refractivity contribution in [3.8, 4) is 0 Å².